The zero-order chi connectivity index (χ0) is 56.2. The molecular weight excluding hydrogens is 953 g/mol. The zero-order valence-corrected chi connectivity index (χ0v) is 46.8. The van der Waals surface area contributed by atoms with Crippen molar-refractivity contribution in [3.8, 4) is 0 Å². The molecule has 0 radical (unpaired) electrons. The van der Waals surface area contributed by atoms with Crippen molar-refractivity contribution in [1.82, 2.24) is 37.2 Å². The van der Waals surface area contributed by atoms with Crippen LogP contribution in [0.2, 0.25) is 0 Å². The Morgan fingerprint density at radius 3 is 1.36 bits per heavy atom. The summed E-state index contributed by atoms with van der Waals surface area (Å²) in [5.41, 5.74) is 5.50. The number of amides is 8. The van der Waals surface area contributed by atoms with Crippen molar-refractivity contribution >= 4 is 59.2 Å². The minimum atomic E-state index is -1.72. The number of primary amides is 1. The third kappa shape index (κ3) is 26.8. The van der Waals surface area contributed by atoms with E-state index in [1.54, 1.807) is 34.6 Å². The Morgan fingerprint density at radius 1 is 0.514 bits per heavy atom. The lowest BCUT2D eigenvalue weighted by Gasteiger charge is -2.30. The SMILES string of the molecule is CC[C@H](C)[C@@H]1NC(=O)[C@H](CC(C)C)NC(=O)[C@H](CC(C)C)NC(=O)[C@H](CCC(N)=O)NC(=O)CC(CCCCCCCCCC(C)C)OC(=O)[C@H]([C@@H](C)CC)NC(=O)[C@H](CC(C)C)NC(=O)[C@H](CC(=O)O)NC1=O. The number of nitrogens with one attached hydrogen (secondary N) is 7. The molecule has 0 spiro atoms. The highest BCUT2D eigenvalue weighted by Crippen LogP contribution is 2.20. The molecule has 1 fully saturated rings. The molecule has 0 saturated carbocycles. The zero-order valence-electron chi connectivity index (χ0n) is 46.8. The normalized spacial score (nSPS) is 24.6. The monoisotopic (exact) mass is 1050 g/mol. The summed E-state index contributed by atoms with van der Waals surface area (Å²) in [4.78, 5) is 138. The van der Waals surface area contributed by atoms with Gasteiger partial charge in [-0.1, -0.05) is 141 Å². The maximum absolute atomic E-state index is 14.3. The van der Waals surface area contributed by atoms with Gasteiger partial charge in [0.05, 0.1) is 12.8 Å². The van der Waals surface area contributed by atoms with Gasteiger partial charge in [-0.2, -0.15) is 0 Å². The van der Waals surface area contributed by atoms with Crippen LogP contribution in [0.1, 0.15) is 199 Å². The Hall–Kier alpha value is -5.30. The number of carboxylic acids is 1. The van der Waals surface area contributed by atoms with Gasteiger partial charge in [-0.25, -0.2) is 4.79 Å². The molecule has 1 aliphatic rings. The first kappa shape index (κ1) is 66.7. The Morgan fingerprint density at radius 2 is 0.919 bits per heavy atom. The van der Waals surface area contributed by atoms with E-state index in [9.17, 15) is 53.1 Å². The lowest BCUT2D eigenvalue weighted by atomic mass is 9.95. The lowest BCUT2D eigenvalue weighted by Crippen LogP contribution is -2.61. The highest BCUT2D eigenvalue weighted by Gasteiger charge is 2.38. The number of cyclic esters (lactones) is 1. The second-order valence-corrected chi connectivity index (χ2v) is 22.3. The van der Waals surface area contributed by atoms with Gasteiger partial charge in [-0.05, 0) is 74.0 Å². The Balaban J connectivity index is 4.00. The quantitative estimate of drug-likeness (QED) is 0.0439. The highest BCUT2D eigenvalue weighted by atomic mass is 16.5. The Bertz CT molecular complexity index is 1830. The molecule has 8 amide bonds. The molecule has 74 heavy (non-hydrogen) atoms. The summed E-state index contributed by atoms with van der Waals surface area (Å²) in [6.07, 6.45) is 6.23. The van der Waals surface area contributed by atoms with E-state index in [0.717, 1.165) is 38.5 Å². The molecule has 0 bridgehead atoms. The Labute approximate surface area is 441 Å². The number of carbonyl (C=O) groups is 10. The van der Waals surface area contributed by atoms with Gasteiger partial charge in [0, 0.05) is 6.42 Å². The van der Waals surface area contributed by atoms with E-state index < -0.39 is 132 Å². The first-order chi connectivity index (χ1) is 34.7. The summed E-state index contributed by atoms with van der Waals surface area (Å²) >= 11 is 0. The number of hydrogen-bond acceptors (Lipinski definition) is 11. The molecule has 424 valence electrons. The van der Waals surface area contributed by atoms with Gasteiger partial charge in [-0.3, -0.25) is 43.2 Å². The number of nitrogens with two attached hydrogens (primary N) is 1. The van der Waals surface area contributed by atoms with Crippen molar-refractivity contribution in [2.45, 2.75) is 247 Å². The number of rotatable bonds is 25. The number of carboxylic acid groups (broad SMARTS) is 1. The van der Waals surface area contributed by atoms with E-state index in [4.69, 9.17) is 10.5 Å². The fourth-order valence-corrected chi connectivity index (χ4v) is 8.71. The Kier molecular flexibility index (Phi) is 31.6. The standard InChI is InChI=1S/C54H96N8O12/c1-13-35(11)46-53(72)60-42(30-45(65)66)50(69)59-41(28-34(9)10)52(71)62-47(36(12)14-2)54(73)74-37(23-21-19-17-15-16-18-20-22-31(3)4)29-44(64)56-38(24-25-43(55)63)48(67)57-39(26-32(5)6)49(68)58-40(27-33(7)8)51(70)61-46/h31-42,46-47H,13-30H2,1-12H3,(H2,55,63)(H,56,64)(H,57,67)(H,58,68)(H,59,69)(H,60,72)(H,61,70)(H,62,71)(H,65,66)/t35-,36-,37?,38-,39-,40-,41-,42-,46-,47-/m0/s1. The number of carbonyl (C=O) groups excluding carboxylic acids is 9. The third-order valence-electron chi connectivity index (χ3n) is 13.4. The smallest absolute Gasteiger partial charge is 0.329 e. The predicted octanol–water partition coefficient (Wildman–Crippen LogP) is 4.83. The molecular formula is C54H96N8O12. The van der Waals surface area contributed by atoms with Crippen molar-refractivity contribution in [2.75, 3.05) is 0 Å². The molecule has 1 heterocycles. The fraction of sp³-hybridized carbons (Fsp3) is 0.815. The van der Waals surface area contributed by atoms with Crippen LogP contribution in [0, 0.1) is 35.5 Å². The van der Waals surface area contributed by atoms with E-state index >= 15 is 0 Å². The van der Waals surface area contributed by atoms with Crippen molar-refractivity contribution in [1.29, 1.82) is 0 Å². The largest absolute Gasteiger partial charge is 0.481 e. The van der Waals surface area contributed by atoms with E-state index in [1.165, 1.54) is 6.42 Å². The molecule has 0 aliphatic carbocycles. The first-order valence-electron chi connectivity index (χ1n) is 27.5. The van der Waals surface area contributed by atoms with Gasteiger partial charge >= 0.3 is 11.9 Å². The van der Waals surface area contributed by atoms with E-state index in [0.29, 0.717) is 25.2 Å². The minimum absolute atomic E-state index is 0.0468. The van der Waals surface area contributed by atoms with Gasteiger partial charge in [0.1, 0.15) is 48.4 Å². The highest BCUT2D eigenvalue weighted by molar-refractivity contribution is 5.98. The molecule has 0 aromatic heterocycles. The molecule has 1 saturated heterocycles. The van der Waals surface area contributed by atoms with Crippen LogP contribution < -0.4 is 43.0 Å². The van der Waals surface area contributed by atoms with Crippen LogP contribution in [0.5, 0.6) is 0 Å². The van der Waals surface area contributed by atoms with Crippen molar-refractivity contribution in [3.05, 3.63) is 0 Å². The number of hydrogen-bond donors (Lipinski definition) is 9. The molecule has 1 rings (SSSR count). The van der Waals surface area contributed by atoms with Crippen LogP contribution in [-0.2, 0) is 52.7 Å². The van der Waals surface area contributed by atoms with Crippen LogP contribution >= 0.6 is 0 Å². The molecule has 20 nitrogen and oxygen atoms in total. The van der Waals surface area contributed by atoms with Crippen LogP contribution in [-0.4, -0.2) is 113 Å². The van der Waals surface area contributed by atoms with Gasteiger partial charge in [0.2, 0.25) is 47.3 Å². The number of unbranched alkanes of at least 4 members (excludes halogenated alkanes) is 6. The van der Waals surface area contributed by atoms with E-state index in [2.05, 4.69) is 51.1 Å². The maximum Gasteiger partial charge on any atom is 0.329 e. The lowest BCUT2D eigenvalue weighted by molar-refractivity contribution is -0.156. The summed E-state index contributed by atoms with van der Waals surface area (Å²) in [6.45, 7) is 22.3. The summed E-state index contributed by atoms with van der Waals surface area (Å²) in [5.74, 6) is -9.66. The van der Waals surface area contributed by atoms with Crippen molar-refractivity contribution < 1.29 is 57.8 Å². The van der Waals surface area contributed by atoms with Gasteiger partial charge in [0.25, 0.3) is 0 Å². The van der Waals surface area contributed by atoms with Crippen LogP contribution in [0.3, 0.4) is 0 Å². The van der Waals surface area contributed by atoms with Crippen LogP contribution in [0.25, 0.3) is 0 Å². The topological polar surface area (TPSA) is 310 Å². The minimum Gasteiger partial charge on any atom is -0.481 e. The average Bonchev–Trinajstić information content (AvgIpc) is 3.30. The number of esters is 1. The number of ether oxygens (including phenoxy) is 1. The van der Waals surface area contributed by atoms with Gasteiger partial charge in [0.15, 0.2) is 0 Å². The summed E-state index contributed by atoms with van der Waals surface area (Å²) in [7, 11) is 0. The van der Waals surface area contributed by atoms with Crippen LogP contribution in [0.4, 0.5) is 0 Å². The average molecular weight is 1050 g/mol. The predicted molar refractivity (Wildman–Crippen MR) is 282 cm³/mol. The molecule has 10 N–H and O–H groups in total. The molecule has 20 heteroatoms. The van der Waals surface area contributed by atoms with E-state index in [-0.39, 0.29) is 56.3 Å². The van der Waals surface area contributed by atoms with Crippen LogP contribution in [0.15, 0.2) is 0 Å². The number of aliphatic carboxylic acids is 1. The molecule has 0 aromatic carbocycles. The third-order valence-corrected chi connectivity index (χ3v) is 13.4. The maximum atomic E-state index is 14.3. The first-order valence-corrected chi connectivity index (χ1v) is 27.5. The summed E-state index contributed by atoms with van der Waals surface area (Å²) in [5, 5.41) is 28.6. The summed E-state index contributed by atoms with van der Waals surface area (Å²) < 4.78 is 6.09. The summed E-state index contributed by atoms with van der Waals surface area (Å²) in [6, 6.07) is -9.48. The molecule has 0 aromatic rings. The van der Waals surface area contributed by atoms with Crippen molar-refractivity contribution in [2.24, 2.45) is 41.2 Å². The van der Waals surface area contributed by atoms with Crippen molar-refractivity contribution in [3.63, 3.8) is 0 Å². The second kappa shape index (κ2) is 35.0. The van der Waals surface area contributed by atoms with E-state index in [1.807, 2.05) is 34.6 Å². The van der Waals surface area contributed by atoms with Gasteiger partial charge in [-0.15, -0.1) is 0 Å². The molecule has 1 aliphatic heterocycles. The molecule has 1 unspecified atom stereocenters. The molecule has 10 atom stereocenters. The fourth-order valence-electron chi connectivity index (χ4n) is 8.71. The van der Waals surface area contributed by atoms with Gasteiger partial charge < -0.3 is 52.8 Å². The second-order valence-electron chi connectivity index (χ2n) is 22.3.